The van der Waals surface area contributed by atoms with Gasteiger partial charge in [-0.3, -0.25) is 0 Å². The molecule has 1 heterocycles. The number of thiophene rings is 1. The molecule has 0 saturated carbocycles. The fourth-order valence-corrected chi connectivity index (χ4v) is 2.39. The van der Waals surface area contributed by atoms with Gasteiger partial charge in [-0.2, -0.15) is 0 Å². The number of rotatable bonds is 1. The molecule has 0 unspecified atom stereocenters. The zero-order valence-corrected chi connectivity index (χ0v) is 8.99. The first-order valence-corrected chi connectivity index (χ1v) is 5.31. The van der Waals surface area contributed by atoms with Crippen molar-refractivity contribution in [2.45, 2.75) is 13.8 Å². The summed E-state index contributed by atoms with van der Waals surface area (Å²) >= 11 is 1.70. The highest BCUT2D eigenvalue weighted by Crippen LogP contribution is 2.30. The molecule has 0 aliphatic heterocycles. The SMILES string of the molecule is Cc1ccc(-c2cc(F)ccc2C)s1. The molecule has 0 N–H and O–H groups in total. The minimum Gasteiger partial charge on any atom is -0.207 e. The van der Waals surface area contributed by atoms with E-state index in [0.29, 0.717) is 0 Å². The van der Waals surface area contributed by atoms with Gasteiger partial charge in [0.1, 0.15) is 5.82 Å². The maximum absolute atomic E-state index is 13.0. The molecule has 0 atom stereocenters. The van der Waals surface area contributed by atoms with Crippen molar-refractivity contribution in [1.82, 2.24) is 0 Å². The van der Waals surface area contributed by atoms with Gasteiger partial charge in [0, 0.05) is 9.75 Å². The lowest BCUT2D eigenvalue weighted by molar-refractivity contribution is 0.628. The van der Waals surface area contributed by atoms with Crippen molar-refractivity contribution in [3.05, 3.63) is 46.6 Å². The van der Waals surface area contributed by atoms with Gasteiger partial charge in [0.2, 0.25) is 0 Å². The minimum atomic E-state index is -0.170. The van der Waals surface area contributed by atoms with Crippen LogP contribution in [0.2, 0.25) is 0 Å². The Morgan fingerprint density at radius 3 is 2.50 bits per heavy atom. The minimum absolute atomic E-state index is 0.170. The zero-order valence-electron chi connectivity index (χ0n) is 8.17. The van der Waals surface area contributed by atoms with Crippen LogP contribution in [0.25, 0.3) is 10.4 Å². The average molecular weight is 206 g/mol. The van der Waals surface area contributed by atoms with Gasteiger partial charge >= 0.3 is 0 Å². The molecule has 72 valence electrons. The molecule has 0 aliphatic carbocycles. The van der Waals surface area contributed by atoms with Crippen LogP contribution in [0.3, 0.4) is 0 Å². The lowest BCUT2D eigenvalue weighted by Gasteiger charge is -2.02. The highest BCUT2D eigenvalue weighted by Gasteiger charge is 2.05. The van der Waals surface area contributed by atoms with Gasteiger partial charge in [-0.05, 0) is 49.2 Å². The van der Waals surface area contributed by atoms with Crippen LogP contribution in [-0.4, -0.2) is 0 Å². The smallest absolute Gasteiger partial charge is 0.123 e. The summed E-state index contributed by atoms with van der Waals surface area (Å²) in [5.41, 5.74) is 2.12. The van der Waals surface area contributed by atoms with Gasteiger partial charge in [-0.15, -0.1) is 11.3 Å². The summed E-state index contributed by atoms with van der Waals surface area (Å²) in [4.78, 5) is 2.39. The van der Waals surface area contributed by atoms with E-state index >= 15 is 0 Å². The van der Waals surface area contributed by atoms with Crippen molar-refractivity contribution in [3.8, 4) is 10.4 Å². The van der Waals surface area contributed by atoms with Crippen molar-refractivity contribution in [1.29, 1.82) is 0 Å². The highest BCUT2D eigenvalue weighted by atomic mass is 32.1. The van der Waals surface area contributed by atoms with E-state index < -0.39 is 0 Å². The van der Waals surface area contributed by atoms with Gasteiger partial charge in [-0.1, -0.05) is 6.07 Å². The molecule has 0 nitrogen and oxygen atoms in total. The van der Waals surface area contributed by atoms with Crippen LogP contribution in [0.5, 0.6) is 0 Å². The third-order valence-electron chi connectivity index (χ3n) is 2.21. The lowest BCUT2D eigenvalue weighted by Crippen LogP contribution is -1.81. The average Bonchev–Trinajstić information content (AvgIpc) is 2.56. The Labute approximate surface area is 87.0 Å². The molecule has 0 aliphatic rings. The number of hydrogen-bond acceptors (Lipinski definition) is 1. The Morgan fingerprint density at radius 1 is 1.07 bits per heavy atom. The molecule has 0 bridgehead atoms. The van der Waals surface area contributed by atoms with E-state index in [1.165, 1.54) is 10.9 Å². The van der Waals surface area contributed by atoms with Crippen molar-refractivity contribution in [2.24, 2.45) is 0 Å². The first-order chi connectivity index (χ1) is 6.66. The Kier molecular flexibility index (Phi) is 2.38. The summed E-state index contributed by atoms with van der Waals surface area (Å²) in [6, 6.07) is 9.02. The molecule has 2 rings (SSSR count). The second-order valence-electron chi connectivity index (χ2n) is 3.37. The molecular formula is C12H11FS. The summed E-state index contributed by atoms with van der Waals surface area (Å²) in [5.74, 6) is -0.170. The number of aryl methyl sites for hydroxylation is 2. The van der Waals surface area contributed by atoms with E-state index in [2.05, 4.69) is 13.0 Å². The second kappa shape index (κ2) is 3.54. The quantitative estimate of drug-likeness (QED) is 0.657. The molecule has 1 aromatic carbocycles. The number of benzene rings is 1. The van der Waals surface area contributed by atoms with Gasteiger partial charge in [0.15, 0.2) is 0 Å². The molecule has 0 radical (unpaired) electrons. The Bertz CT molecular complexity index is 457. The maximum atomic E-state index is 13.0. The van der Waals surface area contributed by atoms with E-state index in [9.17, 15) is 4.39 Å². The van der Waals surface area contributed by atoms with E-state index in [0.717, 1.165) is 16.0 Å². The van der Waals surface area contributed by atoms with Crippen LogP contribution in [0.15, 0.2) is 30.3 Å². The molecule has 0 fully saturated rings. The molecule has 2 aromatic rings. The van der Waals surface area contributed by atoms with Crippen LogP contribution in [-0.2, 0) is 0 Å². The van der Waals surface area contributed by atoms with Gasteiger partial charge in [0.25, 0.3) is 0 Å². The molecule has 1 aromatic heterocycles. The van der Waals surface area contributed by atoms with Crippen molar-refractivity contribution < 1.29 is 4.39 Å². The Hall–Kier alpha value is -1.15. The van der Waals surface area contributed by atoms with Crippen LogP contribution in [0.1, 0.15) is 10.4 Å². The fraction of sp³-hybridized carbons (Fsp3) is 0.167. The molecular weight excluding hydrogens is 195 g/mol. The zero-order chi connectivity index (χ0) is 10.1. The summed E-state index contributed by atoms with van der Waals surface area (Å²) in [5, 5.41) is 0. The monoisotopic (exact) mass is 206 g/mol. The van der Waals surface area contributed by atoms with Crippen molar-refractivity contribution in [3.63, 3.8) is 0 Å². The lowest BCUT2D eigenvalue weighted by atomic mass is 10.1. The Morgan fingerprint density at radius 2 is 1.86 bits per heavy atom. The summed E-state index contributed by atoms with van der Waals surface area (Å²) in [6.07, 6.45) is 0. The molecule has 0 spiro atoms. The first-order valence-electron chi connectivity index (χ1n) is 4.50. The molecule has 0 amide bonds. The third kappa shape index (κ3) is 1.70. The van der Waals surface area contributed by atoms with Crippen LogP contribution in [0.4, 0.5) is 4.39 Å². The van der Waals surface area contributed by atoms with E-state index in [1.54, 1.807) is 17.4 Å². The van der Waals surface area contributed by atoms with E-state index in [4.69, 9.17) is 0 Å². The van der Waals surface area contributed by atoms with E-state index in [1.807, 2.05) is 19.1 Å². The predicted molar refractivity (Wildman–Crippen MR) is 59.2 cm³/mol. The summed E-state index contributed by atoms with van der Waals surface area (Å²) in [6.45, 7) is 4.06. The van der Waals surface area contributed by atoms with Crippen molar-refractivity contribution >= 4 is 11.3 Å². The standard InChI is InChI=1S/C12H11FS/c1-8-3-5-10(13)7-11(8)12-6-4-9(2)14-12/h3-7H,1-2H3. The second-order valence-corrected chi connectivity index (χ2v) is 4.66. The number of hydrogen-bond donors (Lipinski definition) is 0. The largest absolute Gasteiger partial charge is 0.207 e. The fourth-order valence-electron chi connectivity index (χ4n) is 1.44. The van der Waals surface area contributed by atoms with Gasteiger partial charge < -0.3 is 0 Å². The summed E-state index contributed by atoms with van der Waals surface area (Å²) in [7, 11) is 0. The highest BCUT2D eigenvalue weighted by molar-refractivity contribution is 7.15. The normalized spacial score (nSPS) is 10.5. The number of halogens is 1. The molecule has 2 heteroatoms. The van der Waals surface area contributed by atoms with Gasteiger partial charge in [-0.25, -0.2) is 4.39 Å². The van der Waals surface area contributed by atoms with Crippen LogP contribution in [0, 0.1) is 19.7 Å². The topological polar surface area (TPSA) is 0 Å². The van der Waals surface area contributed by atoms with Gasteiger partial charge in [0.05, 0.1) is 0 Å². The Balaban J connectivity index is 2.55. The third-order valence-corrected chi connectivity index (χ3v) is 3.24. The summed E-state index contributed by atoms with van der Waals surface area (Å²) < 4.78 is 13.0. The van der Waals surface area contributed by atoms with Crippen molar-refractivity contribution in [2.75, 3.05) is 0 Å². The maximum Gasteiger partial charge on any atom is 0.123 e. The predicted octanol–water partition coefficient (Wildman–Crippen LogP) is 4.17. The van der Waals surface area contributed by atoms with Crippen LogP contribution < -0.4 is 0 Å². The van der Waals surface area contributed by atoms with Crippen LogP contribution >= 0.6 is 11.3 Å². The molecule has 0 saturated heterocycles. The molecule has 14 heavy (non-hydrogen) atoms. The van der Waals surface area contributed by atoms with E-state index in [-0.39, 0.29) is 5.82 Å². The first kappa shape index (κ1) is 9.41.